The fraction of sp³-hybridized carbons (Fsp3) is 0.400. The molecule has 43 heavy (non-hydrogen) atoms. The van der Waals surface area contributed by atoms with E-state index in [1.165, 1.54) is 14.2 Å². The second-order valence-corrected chi connectivity index (χ2v) is 11.7. The molecule has 9 nitrogen and oxygen atoms in total. The molecule has 2 aliphatic rings. The molecule has 0 bridgehead atoms. The number of halogens is 3. The molecule has 226 valence electrons. The van der Waals surface area contributed by atoms with Gasteiger partial charge in [0.05, 0.1) is 26.8 Å². The number of carbonyl (C=O) groups excluding carboxylic acids is 1. The molecule has 2 aromatic heterocycles. The summed E-state index contributed by atoms with van der Waals surface area (Å²) in [4.78, 5) is 37.6. The minimum atomic E-state index is -4.59. The topological polar surface area (TPSA) is 95.8 Å². The summed E-state index contributed by atoms with van der Waals surface area (Å²) in [5, 5.41) is 0.441. The van der Waals surface area contributed by atoms with E-state index in [4.69, 9.17) is 14.2 Å². The Bertz CT molecular complexity index is 1720. The SMILES string of the molecule is COc1ccc(Cn2c(C3(C(F)(F)F)CC3)nc3sc([C@H]4CCCN4C(=O)OCc4ccccc4)nc3c2=O)c(OC)c1. The summed E-state index contributed by atoms with van der Waals surface area (Å²) in [6.45, 7) is 0.342. The van der Waals surface area contributed by atoms with E-state index in [1.807, 2.05) is 30.3 Å². The Morgan fingerprint density at radius 2 is 1.86 bits per heavy atom. The largest absolute Gasteiger partial charge is 0.497 e. The lowest BCUT2D eigenvalue weighted by Gasteiger charge is -2.23. The number of methoxy groups -OCH3 is 2. The molecule has 1 saturated heterocycles. The number of likely N-dealkylation sites (tertiary alicyclic amines) is 1. The summed E-state index contributed by atoms with van der Waals surface area (Å²) in [5.74, 6) is 0.531. The molecule has 1 aliphatic carbocycles. The van der Waals surface area contributed by atoms with Crippen LogP contribution in [0.2, 0.25) is 0 Å². The van der Waals surface area contributed by atoms with Gasteiger partial charge in [0, 0.05) is 18.2 Å². The summed E-state index contributed by atoms with van der Waals surface area (Å²) in [5.41, 5.74) is -1.59. The average molecular weight is 615 g/mol. The Balaban J connectivity index is 1.38. The van der Waals surface area contributed by atoms with Gasteiger partial charge in [0.25, 0.3) is 5.56 Å². The molecule has 1 atom stereocenters. The van der Waals surface area contributed by atoms with Crippen molar-refractivity contribution in [1.29, 1.82) is 0 Å². The Morgan fingerprint density at radius 1 is 1.09 bits per heavy atom. The van der Waals surface area contributed by atoms with E-state index in [0.717, 1.165) is 21.5 Å². The molecule has 1 aliphatic heterocycles. The van der Waals surface area contributed by atoms with Crippen molar-refractivity contribution < 1.29 is 32.2 Å². The zero-order chi connectivity index (χ0) is 30.4. The number of amides is 1. The average Bonchev–Trinajstić information content (AvgIpc) is 3.49. The number of ether oxygens (including phenoxy) is 3. The first-order valence-electron chi connectivity index (χ1n) is 13.8. The Labute approximate surface area is 248 Å². The van der Waals surface area contributed by atoms with Crippen molar-refractivity contribution in [2.45, 2.75) is 56.5 Å². The second-order valence-electron chi connectivity index (χ2n) is 10.7. The Morgan fingerprint density at radius 3 is 2.53 bits per heavy atom. The smallest absolute Gasteiger partial charge is 0.410 e. The Kier molecular flexibility index (Phi) is 7.53. The van der Waals surface area contributed by atoms with Gasteiger partial charge in [-0.15, -0.1) is 0 Å². The van der Waals surface area contributed by atoms with Gasteiger partial charge in [0.1, 0.15) is 34.4 Å². The van der Waals surface area contributed by atoms with Crippen LogP contribution in [0.1, 0.15) is 53.7 Å². The van der Waals surface area contributed by atoms with Gasteiger partial charge < -0.3 is 14.2 Å². The van der Waals surface area contributed by atoms with Gasteiger partial charge in [-0.1, -0.05) is 41.7 Å². The number of hydrogen-bond acceptors (Lipinski definition) is 8. The fourth-order valence-corrected chi connectivity index (χ4v) is 6.61. The highest BCUT2D eigenvalue weighted by Gasteiger charge is 2.67. The summed E-state index contributed by atoms with van der Waals surface area (Å²) >= 11 is 1.05. The van der Waals surface area contributed by atoms with E-state index >= 15 is 0 Å². The van der Waals surface area contributed by atoms with Crippen molar-refractivity contribution in [3.8, 4) is 11.5 Å². The number of nitrogens with zero attached hydrogens (tertiary/aromatic N) is 4. The highest BCUT2D eigenvalue weighted by atomic mass is 32.1. The standard InChI is InChI=1S/C30H29F3N4O5S/c1-40-20-11-10-19(22(15-20)41-2)16-37-26(38)23-25(35-27(37)29(12-13-29)30(31,32)33)43-24(34-23)21-9-6-14-36(21)28(39)42-17-18-7-4-3-5-8-18/h3-5,7-8,10-11,15,21H,6,9,12-14,16-17H2,1-2H3/t21-/m1/s1. The van der Waals surface area contributed by atoms with Crippen molar-refractivity contribution in [2.75, 3.05) is 20.8 Å². The molecule has 4 aromatic rings. The number of aromatic nitrogens is 3. The first kappa shape index (κ1) is 29.0. The van der Waals surface area contributed by atoms with Crippen LogP contribution in [0.25, 0.3) is 10.3 Å². The molecule has 2 aromatic carbocycles. The van der Waals surface area contributed by atoms with Gasteiger partial charge in [-0.3, -0.25) is 14.3 Å². The van der Waals surface area contributed by atoms with Gasteiger partial charge in [-0.25, -0.2) is 14.8 Å². The molecule has 13 heteroatoms. The molecule has 0 radical (unpaired) electrons. The van der Waals surface area contributed by atoms with Crippen LogP contribution in [-0.4, -0.2) is 52.5 Å². The normalized spacial score (nSPS) is 17.7. The van der Waals surface area contributed by atoms with Crippen molar-refractivity contribution in [1.82, 2.24) is 19.4 Å². The molecule has 2 fully saturated rings. The Hall–Kier alpha value is -4.13. The van der Waals surface area contributed by atoms with Gasteiger partial charge in [-0.05, 0) is 43.4 Å². The quantitative estimate of drug-likeness (QED) is 0.241. The van der Waals surface area contributed by atoms with E-state index in [0.29, 0.717) is 41.5 Å². The predicted octanol–water partition coefficient (Wildman–Crippen LogP) is 5.99. The zero-order valence-electron chi connectivity index (χ0n) is 23.5. The van der Waals surface area contributed by atoms with Crippen molar-refractivity contribution in [2.24, 2.45) is 0 Å². The number of benzene rings is 2. The van der Waals surface area contributed by atoms with E-state index in [9.17, 15) is 22.8 Å². The second kappa shape index (κ2) is 11.2. The van der Waals surface area contributed by atoms with E-state index < -0.39 is 29.3 Å². The lowest BCUT2D eigenvalue weighted by atomic mass is 10.0. The molecule has 0 spiro atoms. The zero-order valence-corrected chi connectivity index (χ0v) is 24.3. The molecule has 0 N–H and O–H groups in total. The number of hydrogen-bond donors (Lipinski definition) is 0. The monoisotopic (exact) mass is 614 g/mol. The molecule has 1 amide bonds. The number of fused-ring (bicyclic) bond motifs is 1. The van der Waals surface area contributed by atoms with Crippen LogP contribution in [0.3, 0.4) is 0 Å². The van der Waals surface area contributed by atoms with Crippen LogP contribution in [0.15, 0.2) is 53.3 Å². The maximum Gasteiger partial charge on any atom is 0.410 e. The fourth-order valence-electron chi connectivity index (χ4n) is 5.53. The summed E-state index contributed by atoms with van der Waals surface area (Å²) in [6, 6.07) is 13.7. The minimum Gasteiger partial charge on any atom is -0.497 e. The van der Waals surface area contributed by atoms with Crippen LogP contribution in [0.5, 0.6) is 11.5 Å². The third-order valence-corrected chi connectivity index (χ3v) is 9.11. The van der Waals surface area contributed by atoms with E-state index in [1.54, 1.807) is 23.1 Å². The third-order valence-electron chi connectivity index (χ3n) is 8.06. The van der Waals surface area contributed by atoms with Crippen LogP contribution >= 0.6 is 11.3 Å². The minimum absolute atomic E-state index is 0.0290. The first-order chi connectivity index (χ1) is 20.6. The lowest BCUT2D eigenvalue weighted by Crippen LogP contribution is -2.37. The molecule has 1 saturated carbocycles. The van der Waals surface area contributed by atoms with Gasteiger partial charge in [0.2, 0.25) is 0 Å². The lowest BCUT2D eigenvalue weighted by molar-refractivity contribution is -0.163. The molecule has 0 unspecified atom stereocenters. The van der Waals surface area contributed by atoms with Gasteiger partial charge >= 0.3 is 12.3 Å². The molecular weight excluding hydrogens is 585 g/mol. The highest BCUT2D eigenvalue weighted by molar-refractivity contribution is 7.18. The van der Waals surface area contributed by atoms with Crippen molar-refractivity contribution in [3.63, 3.8) is 0 Å². The van der Waals surface area contributed by atoms with Crippen molar-refractivity contribution >= 4 is 27.8 Å². The number of carbonyl (C=O) groups is 1. The number of alkyl halides is 3. The van der Waals surface area contributed by atoms with Crippen molar-refractivity contribution in [3.05, 3.63) is 80.8 Å². The molecule has 3 heterocycles. The van der Waals surface area contributed by atoms with Gasteiger partial charge in [-0.2, -0.15) is 13.2 Å². The maximum absolute atomic E-state index is 14.4. The summed E-state index contributed by atoms with van der Waals surface area (Å²) in [6.07, 6.45) is -4.16. The first-order valence-corrected chi connectivity index (χ1v) is 14.6. The van der Waals surface area contributed by atoms with E-state index in [2.05, 4.69) is 9.97 Å². The van der Waals surface area contributed by atoms with Crippen LogP contribution < -0.4 is 15.0 Å². The van der Waals surface area contributed by atoms with Crippen LogP contribution in [0.4, 0.5) is 18.0 Å². The molecular formula is C30H29F3N4O5S. The number of thiazole rings is 1. The summed E-state index contributed by atoms with van der Waals surface area (Å²) < 4.78 is 60.5. The highest BCUT2D eigenvalue weighted by Crippen LogP contribution is 2.58. The van der Waals surface area contributed by atoms with E-state index in [-0.39, 0.29) is 42.2 Å². The predicted molar refractivity (Wildman–Crippen MR) is 153 cm³/mol. The third kappa shape index (κ3) is 5.30. The summed E-state index contributed by atoms with van der Waals surface area (Å²) in [7, 11) is 2.93. The number of rotatable bonds is 8. The van der Waals surface area contributed by atoms with Crippen LogP contribution in [0, 0.1) is 0 Å². The molecule has 6 rings (SSSR count). The van der Waals surface area contributed by atoms with Crippen LogP contribution in [-0.2, 0) is 23.3 Å². The maximum atomic E-state index is 14.4. The van der Waals surface area contributed by atoms with Gasteiger partial charge in [0.15, 0.2) is 10.3 Å².